The quantitative estimate of drug-likeness (QED) is 0.493. The van der Waals surface area contributed by atoms with Crippen molar-refractivity contribution in [2.75, 3.05) is 17.7 Å². The van der Waals surface area contributed by atoms with Crippen LogP contribution in [0.5, 0.6) is 5.75 Å². The highest BCUT2D eigenvalue weighted by atomic mass is 16.5. The molecule has 2 aromatic carbocycles. The Bertz CT molecular complexity index is 1020. The number of hydrogen-bond acceptors (Lipinski definition) is 6. The molecule has 0 aliphatic carbocycles. The Morgan fingerprint density at radius 3 is 2.81 bits per heavy atom. The highest BCUT2D eigenvalue weighted by molar-refractivity contribution is 5.91. The molecule has 0 radical (unpaired) electrons. The summed E-state index contributed by atoms with van der Waals surface area (Å²) in [4.78, 5) is 9.22. The molecule has 0 bridgehead atoms. The topological polar surface area (TPSA) is 87.8 Å². The molecule has 2 aromatic heterocycles. The third kappa shape index (κ3) is 3.41. The van der Waals surface area contributed by atoms with Crippen molar-refractivity contribution in [2.45, 2.75) is 6.54 Å². The molecule has 7 nitrogen and oxygen atoms in total. The van der Waals surface area contributed by atoms with Gasteiger partial charge >= 0.3 is 0 Å². The van der Waals surface area contributed by atoms with Gasteiger partial charge in [0.15, 0.2) is 0 Å². The number of nitrogens with one attached hydrogen (secondary N) is 3. The maximum Gasteiger partial charge on any atom is 0.225 e. The van der Waals surface area contributed by atoms with Crippen molar-refractivity contribution in [3.63, 3.8) is 0 Å². The van der Waals surface area contributed by atoms with E-state index in [0.717, 1.165) is 28.0 Å². The van der Waals surface area contributed by atoms with E-state index in [4.69, 9.17) is 4.74 Å². The molecule has 0 unspecified atom stereocenters. The molecule has 0 atom stereocenters. The third-order valence-corrected chi connectivity index (χ3v) is 3.94. The van der Waals surface area contributed by atoms with Crippen LogP contribution in [0.15, 0.2) is 60.8 Å². The average Bonchev–Trinajstić information content (AvgIpc) is 3.20. The lowest BCUT2D eigenvalue weighted by atomic mass is 10.2. The van der Waals surface area contributed by atoms with Gasteiger partial charge in [-0.2, -0.15) is 10.1 Å². The van der Waals surface area contributed by atoms with Gasteiger partial charge in [-0.1, -0.05) is 24.3 Å². The molecule has 26 heavy (non-hydrogen) atoms. The number of methoxy groups -OCH3 is 1. The lowest BCUT2D eigenvalue weighted by molar-refractivity contribution is 0.414. The van der Waals surface area contributed by atoms with Crippen LogP contribution in [-0.2, 0) is 6.54 Å². The molecule has 4 aromatic rings. The van der Waals surface area contributed by atoms with Crippen molar-refractivity contribution >= 4 is 28.5 Å². The highest BCUT2D eigenvalue weighted by Crippen LogP contribution is 2.24. The molecular weight excluding hydrogens is 328 g/mol. The molecular formula is C19H18N6O. The van der Waals surface area contributed by atoms with Crippen LogP contribution >= 0.6 is 0 Å². The van der Waals surface area contributed by atoms with Gasteiger partial charge in [0.25, 0.3) is 0 Å². The van der Waals surface area contributed by atoms with Crippen molar-refractivity contribution in [1.29, 1.82) is 0 Å². The summed E-state index contributed by atoms with van der Waals surface area (Å²) in [5, 5.41) is 14.3. The first-order chi connectivity index (χ1) is 12.8. The fourth-order valence-corrected chi connectivity index (χ4v) is 2.67. The lowest BCUT2D eigenvalue weighted by Crippen LogP contribution is -2.06. The Hall–Kier alpha value is -3.61. The van der Waals surface area contributed by atoms with E-state index in [2.05, 4.69) is 30.8 Å². The first kappa shape index (κ1) is 15.9. The maximum absolute atomic E-state index is 5.26. The molecule has 0 spiro atoms. The second-order valence-electron chi connectivity index (χ2n) is 5.71. The van der Waals surface area contributed by atoms with Crippen molar-refractivity contribution in [2.24, 2.45) is 0 Å². The maximum atomic E-state index is 5.26. The first-order valence-corrected chi connectivity index (χ1v) is 8.22. The van der Waals surface area contributed by atoms with Crippen molar-refractivity contribution in [3.05, 3.63) is 66.4 Å². The number of fused-ring (bicyclic) bond motifs is 1. The van der Waals surface area contributed by atoms with Crippen LogP contribution in [0, 0.1) is 0 Å². The molecule has 0 fully saturated rings. The summed E-state index contributed by atoms with van der Waals surface area (Å²) < 4.78 is 5.26. The van der Waals surface area contributed by atoms with Gasteiger partial charge in [0.05, 0.1) is 18.8 Å². The van der Waals surface area contributed by atoms with Crippen LogP contribution < -0.4 is 15.4 Å². The lowest BCUT2D eigenvalue weighted by Gasteiger charge is -2.11. The van der Waals surface area contributed by atoms with E-state index in [-0.39, 0.29) is 0 Å². The van der Waals surface area contributed by atoms with Crippen LogP contribution in [0.2, 0.25) is 0 Å². The molecule has 0 amide bonds. The second kappa shape index (κ2) is 7.10. The van der Waals surface area contributed by atoms with Gasteiger partial charge in [0.2, 0.25) is 5.95 Å². The number of anilines is 3. The predicted molar refractivity (Wildman–Crippen MR) is 102 cm³/mol. The van der Waals surface area contributed by atoms with E-state index >= 15 is 0 Å². The summed E-state index contributed by atoms with van der Waals surface area (Å²) in [5.41, 5.74) is 1.95. The fourth-order valence-electron chi connectivity index (χ4n) is 2.67. The zero-order valence-electron chi connectivity index (χ0n) is 14.2. The van der Waals surface area contributed by atoms with Crippen molar-refractivity contribution < 1.29 is 4.74 Å². The number of hydrogen-bond donors (Lipinski definition) is 3. The minimum Gasteiger partial charge on any atom is -0.497 e. The van der Waals surface area contributed by atoms with Gasteiger partial charge < -0.3 is 15.4 Å². The van der Waals surface area contributed by atoms with E-state index in [1.165, 1.54) is 0 Å². The molecule has 0 saturated heterocycles. The molecule has 7 heteroatoms. The van der Waals surface area contributed by atoms with Crippen molar-refractivity contribution in [3.8, 4) is 5.75 Å². The van der Waals surface area contributed by atoms with Gasteiger partial charge in [0.1, 0.15) is 17.4 Å². The van der Waals surface area contributed by atoms with Crippen LogP contribution in [-0.4, -0.2) is 27.3 Å². The average molecular weight is 346 g/mol. The van der Waals surface area contributed by atoms with E-state index in [0.29, 0.717) is 18.3 Å². The number of nitrogens with zero attached hydrogens (tertiary/aromatic N) is 3. The monoisotopic (exact) mass is 346 g/mol. The molecule has 0 aliphatic rings. The fraction of sp³-hybridized carbons (Fsp3) is 0.105. The van der Waals surface area contributed by atoms with Gasteiger partial charge in [0, 0.05) is 18.0 Å². The van der Waals surface area contributed by atoms with Gasteiger partial charge in [-0.3, -0.25) is 5.10 Å². The standard InChI is InChI=1S/C19H18N6O/c1-26-14-6-4-5-13(11-14)12-20-19-22-16-8-3-2-7-15(16)18(24-19)23-17-9-10-21-25-17/h2-11H,12H2,1H3,(H3,20,21,22,23,24,25). The smallest absolute Gasteiger partial charge is 0.225 e. The van der Waals surface area contributed by atoms with Gasteiger partial charge in [-0.05, 0) is 29.8 Å². The molecule has 0 aliphatic heterocycles. The van der Waals surface area contributed by atoms with Gasteiger partial charge in [-0.15, -0.1) is 0 Å². The number of benzene rings is 2. The Morgan fingerprint density at radius 1 is 1.04 bits per heavy atom. The number of H-pyrrole nitrogens is 1. The summed E-state index contributed by atoms with van der Waals surface area (Å²) in [6.07, 6.45) is 1.69. The highest BCUT2D eigenvalue weighted by Gasteiger charge is 2.08. The predicted octanol–water partition coefficient (Wildman–Crippen LogP) is 3.72. The number of aromatic amines is 1. The van der Waals surface area contributed by atoms with Crippen LogP contribution in [0.1, 0.15) is 5.56 Å². The summed E-state index contributed by atoms with van der Waals surface area (Å²) in [6, 6.07) is 17.6. The Morgan fingerprint density at radius 2 is 1.96 bits per heavy atom. The normalized spacial score (nSPS) is 10.7. The van der Waals surface area contributed by atoms with Crippen LogP contribution in [0.3, 0.4) is 0 Å². The number of ether oxygens (including phenoxy) is 1. The second-order valence-corrected chi connectivity index (χ2v) is 5.71. The molecule has 2 heterocycles. The largest absolute Gasteiger partial charge is 0.497 e. The first-order valence-electron chi connectivity index (χ1n) is 8.22. The zero-order valence-corrected chi connectivity index (χ0v) is 14.2. The minimum atomic E-state index is 0.550. The molecule has 0 saturated carbocycles. The summed E-state index contributed by atoms with van der Waals surface area (Å²) in [5.74, 6) is 2.86. The minimum absolute atomic E-state index is 0.550. The summed E-state index contributed by atoms with van der Waals surface area (Å²) in [7, 11) is 1.66. The Labute approximate surface area is 150 Å². The zero-order chi connectivity index (χ0) is 17.8. The number of aromatic nitrogens is 4. The Balaban J connectivity index is 1.62. The number of para-hydroxylation sites is 1. The van der Waals surface area contributed by atoms with Crippen LogP contribution in [0.25, 0.3) is 10.9 Å². The van der Waals surface area contributed by atoms with Gasteiger partial charge in [-0.25, -0.2) is 4.98 Å². The molecule has 3 N–H and O–H groups in total. The number of rotatable bonds is 6. The van der Waals surface area contributed by atoms with E-state index < -0.39 is 0 Å². The van der Waals surface area contributed by atoms with Crippen molar-refractivity contribution in [1.82, 2.24) is 20.2 Å². The van der Waals surface area contributed by atoms with Crippen LogP contribution in [0.4, 0.5) is 17.6 Å². The summed E-state index contributed by atoms with van der Waals surface area (Å²) >= 11 is 0. The summed E-state index contributed by atoms with van der Waals surface area (Å²) in [6.45, 7) is 0.596. The molecule has 130 valence electrons. The van der Waals surface area contributed by atoms with E-state index in [9.17, 15) is 0 Å². The Kier molecular flexibility index (Phi) is 4.34. The third-order valence-electron chi connectivity index (χ3n) is 3.94. The molecule has 4 rings (SSSR count). The van der Waals surface area contributed by atoms with E-state index in [1.807, 2.05) is 54.6 Å². The van der Waals surface area contributed by atoms with E-state index in [1.54, 1.807) is 13.3 Å². The SMILES string of the molecule is COc1cccc(CNc2nc(Nc3ccn[nH]3)c3ccccc3n2)c1.